The Hall–Kier alpha value is -2.91. The van der Waals surface area contributed by atoms with Gasteiger partial charge in [0.2, 0.25) is 0 Å². The van der Waals surface area contributed by atoms with E-state index in [1.165, 1.54) is 32.1 Å². The van der Waals surface area contributed by atoms with Gasteiger partial charge in [-0.2, -0.15) is 5.26 Å². The van der Waals surface area contributed by atoms with Gasteiger partial charge in [-0.25, -0.2) is 0 Å². The summed E-state index contributed by atoms with van der Waals surface area (Å²) in [5.41, 5.74) is 1.73. The van der Waals surface area contributed by atoms with Gasteiger partial charge in [-0.1, -0.05) is 69.4 Å². The third-order valence-corrected chi connectivity index (χ3v) is 5.75. The first-order chi connectivity index (χ1) is 15.2. The van der Waals surface area contributed by atoms with Crippen molar-refractivity contribution in [1.29, 1.82) is 5.26 Å². The molecule has 1 N–H and O–H groups in total. The predicted molar refractivity (Wildman–Crippen MR) is 127 cm³/mol. The largest absolute Gasteiger partial charge is 0.494 e. The molecule has 162 valence electrons. The van der Waals surface area contributed by atoms with E-state index in [0.29, 0.717) is 11.6 Å². The number of benzene rings is 2. The number of carbonyl (C=O) groups is 1. The Labute approximate surface area is 190 Å². The summed E-state index contributed by atoms with van der Waals surface area (Å²) in [7, 11) is 0. The molecule has 0 aromatic heterocycles. The van der Waals surface area contributed by atoms with E-state index in [9.17, 15) is 10.1 Å². The van der Waals surface area contributed by atoms with E-state index in [1.54, 1.807) is 0 Å². The molecule has 0 radical (unpaired) electrons. The van der Waals surface area contributed by atoms with Gasteiger partial charge in [-0.15, -0.1) is 12.6 Å². The smallest absolute Gasteiger partial charge is 0.266 e. The van der Waals surface area contributed by atoms with Crippen molar-refractivity contribution in [2.45, 2.75) is 51.6 Å². The molecule has 0 saturated carbocycles. The molecule has 1 amide bonds. The molecule has 0 saturated heterocycles. The van der Waals surface area contributed by atoms with Gasteiger partial charge >= 0.3 is 0 Å². The molecule has 0 aliphatic carbocycles. The number of carbonyl (C=O) groups excluding carboxylic acids is 1. The number of rotatable bonds is 10. The number of hydrogen-bond donors (Lipinski definition) is 2. The highest BCUT2D eigenvalue weighted by atomic mass is 32.1. The van der Waals surface area contributed by atoms with E-state index in [-0.39, 0.29) is 5.57 Å². The van der Waals surface area contributed by atoms with Gasteiger partial charge in [0.25, 0.3) is 5.91 Å². The van der Waals surface area contributed by atoms with Gasteiger partial charge in [-0.05, 0) is 36.2 Å². The molecular formula is C25H29N3O2S. The van der Waals surface area contributed by atoms with Crippen molar-refractivity contribution in [1.82, 2.24) is 5.32 Å². The van der Waals surface area contributed by atoms with E-state index in [1.807, 2.05) is 65.6 Å². The Morgan fingerprint density at radius 1 is 1.03 bits per heavy atom. The summed E-state index contributed by atoms with van der Waals surface area (Å²) in [6.07, 6.45) is 6.90. The van der Waals surface area contributed by atoms with E-state index in [4.69, 9.17) is 4.74 Å². The maximum absolute atomic E-state index is 12.4. The molecule has 2 aromatic rings. The predicted octanol–water partition coefficient (Wildman–Crippen LogP) is 5.73. The molecule has 0 bridgehead atoms. The second-order valence-corrected chi connectivity index (χ2v) is 8.00. The van der Waals surface area contributed by atoms with Crippen LogP contribution < -0.4 is 15.0 Å². The van der Waals surface area contributed by atoms with Crippen molar-refractivity contribution in [2.24, 2.45) is 0 Å². The number of nitrogens with one attached hydrogen (secondary N) is 1. The van der Waals surface area contributed by atoms with Crippen LogP contribution in [0.4, 0.5) is 5.69 Å². The first-order valence-electron chi connectivity index (χ1n) is 10.9. The van der Waals surface area contributed by atoms with Crippen LogP contribution in [-0.2, 0) is 4.79 Å². The Bertz CT molecular complexity index is 935. The lowest BCUT2D eigenvalue weighted by Crippen LogP contribution is -2.46. The van der Waals surface area contributed by atoms with Crippen LogP contribution in [0.3, 0.4) is 0 Å². The average Bonchev–Trinajstić information content (AvgIpc) is 2.79. The van der Waals surface area contributed by atoms with E-state index in [0.717, 1.165) is 23.4 Å². The van der Waals surface area contributed by atoms with E-state index in [2.05, 4.69) is 24.9 Å². The van der Waals surface area contributed by atoms with Crippen molar-refractivity contribution in [3.8, 4) is 11.8 Å². The summed E-state index contributed by atoms with van der Waals surface area (Å²) in [5.74, 6) is 0.387. The Morgan fingerprint density at radius 3 is 2.39 bits per heavy atom. The first-order valence-corrected chi connectivity index (χ1v) is 11.3. The summed E-state index contributed by atoms with van der Waals surface area (Å²) >= 11 is 4.52. The molecule has 0 fully saturated rings. The first kappa shape index (κ1) is 22.8. The van der Waals surface area contributed by atoms with Gasteiger partial charge in [-0.3, -0.25) is 4.79 Å². The van der Waals surface area contributed by atoms with Crippen LogP contribution in [0.15, 0.2) is 65.2 Å². The fourth-order valence-electron chi connectivity index (χ4n) is 3.62. The van der Waals surface area contributed by atoms with E-state index >= 15 is 0 Å². The third kappa shape index (κ3) is 5.83. The maximum atomic E-state index is 12.4. The SMILES string of the molecule is CCCCCCCCOc1ccc([C@@H]2NC(=O)C(C#N)=C(S)N2c2ccccc2)cc1. The Kier molecular flexibility index (Phi) is 8.43. The zero-order chi connectivity index (χ0) is 22.1. The lowest BCUT2D eigenvalue weighted by Gasteiger charge is -2.38. The molecule has 31 heavy (non-hydrogen) atoms. The number of anilines is 1. The molecule has 1 atom stereocenters. The minimum absolute atomic E-state index is 0.00215. The number of thiol groups is 1. The third-order valence-electron chi connectivity index (χ3n) is 5.31. The fourth-order valence-corrected chi connectivity index (χ4v) is 4.00. The number of ether oxygens (including phenoxy) is 1. The second kappa shape index (κ2) is 11.5. The second-order valence-electron chi connectivity index (χ2n) is 7.58. The maximum Gasteiger partial charge on any atom is 0.266 e. The molecule has 0 spiro atoms. The molecule has 0 unspecified atom stereocenters. The summed E-state index contributed by atoms with van der Waals surface area (Å²) in [5, 5.41) is 12.7. The summed E-state index contributed by atoms with van der Waals surface area (Å²) in [4.78, 5) is 14.3. The van der Waals surface area contributed by atoms with Crippen LogP contribution in [-0.4, -0.2) is 12.5 Å². The number of nitriles is 1. The van der Waals surface area contributed by atoms with Crippen molar-refractivity contribution in [3.63, 3.8) is 0 Å². The van der Waals surface area contributed by atoms with Crippen molar-refractivity contribution in [3.05, 3.63) is 70.8 Å². The zero-order valence-corrected chi connectivity index (χ0v) is 18.8. The van der Waals surface area contributed by atoms with Gasteiger partial charge in [0.15, 0.2) is 0 Å². The molecular weight excluding hydrogens is 406 g/mol. The fraction of sp³-hybridized carbons (Fsp3) is 0.360. The highest BCUT2D eigenvalue weighted by molar-refractivity contribution is 7.84. The highest BCUT2D eigenvalue weighted by Gasteiger charge is 2.33. The van der Waals surface area contributed by atoms with Gasteiger partial charge in [0.1, 0.15) is 23.6 Å². The monoisotopic (exact) mass is 435 g/mol. The molecule has 6 heteroatoms. The van der Waals surface area contributed by atoms with Gasteiger partial charge < -0.3 is 15.0 Å². The Morgan fingerprint density at radius 2 is 1.71 bits per heavy atom. The van der Waals surface area contributed by atoms with E-state index < -0.39 is 12.1 Å². The van der Waals surface area contributed by atoms with Crippen LogP contribution in [0, 0.1) is 11.3 Å². The minimum Gasteiger partial charge on any atom is -0.494 e. The molecule has 2 aromatic carbocycles. The van der Waals surface area contributed by atoms with Gasteiger partial charge in [0.05, 0.1) is 11.6 Å². The number of para-hydroxylation sites is 1. The van der Waals surface area contributed by atoms with Crippen molar-refractivity contribution < 1.29 is 9.53 Å². The quantitative estimate of drug-likeness (QED) is 0.370. The molecule has 1 aliphatic heterocycles. The number of unbranched alkanes of at least 4 members (excludes halogenated alkanes) is 5. The van der Waals surface area contributed by atoms with Crippen LogP contribution in [0.25, 0.3) is 0 Å². The Balaban J connectivity index is 1.70. The highest BCUT2D eigenvalue weighted by Crippen LogP contribution is 2.35. The van der Waals surface area contributed by atoms with Crippen LogP contribution in [0.2, 0.25) is 0 Å². The standard InChI is InChI=1S/C25H29N3O2S/c1-2-3-4-5-6-10-17-30-21-15-13-19(14-16-21)23-27-24(29)22(18-26)25(31)28(23)20-11-8-7-9-12-20/h7-9,11-16,23,31H,2-6,10,17H2,1H3,(H,27,29)/t23-/m1/s1. The van der Waals surface area contributed by atoms with Crippen LogP contribution in [0.1, 0.15) is 57.2 Å². The van der Waals surface area contributed by atoms with Crippen LogP contribution in [0.5, 0.6) is 5.75 Å². The lowest BCUT2D eigenvalue weighted by atomic mass is 10.1. The van der Waals surface area contributed by atoms with Crippen LogP contribution >= 0.6 is 12.6 Å². The average molecular weight is 436 g/mol. The number of hydrogen-bond acceptors (Lipinski definition) is 5. The summed E-state index contributed by atoms with van der Waals surface area (Å²) in [6.45, 7) is 2.93. The molecule has 5 nitrogen and oxygen atoms in total. The van der Waals surface area contributed by atoms with Crippen molar-refractivity contribution in [2.75, 3.05) is 11.5 Å². The van der Waals surface area contributed by atoms with Gasteiger partial charge in [0, 0.05) is 5.69 Å². The summed E-state index contributed by atoms with van der Waals surface area (Å²) in [6, 6.07) is 19.3. The zero-order valence-electron chi connectivity index (χ0n) is 17.9. The topological polar surface area (TPSA) is 65.4 Å². The number of nitrogens with zero attached hydrogens (tertiary/aromatic N) is 2. The summed E-state index contributed by atoms with van der Waals surface area (Å²) < 4.78 is 5.87. The molecule has 1 aliphatic rings. The van der Waals surface area contributed by atoms with Crippen molar-refractivity contribution >= 4 is 24.2 Å². The number of amides is 1. The minimum atomic E-state index is -0.466. The molecule has 1 heterocycles. The lowest BCUT2D eigenvalue weighted by molar-refractivity contribution is -0.118. The molecule has 3 rings (SSSR count). The normalized spacial score (nSPS) is 16.1.